The van der Waals surface area contributed by atoms with Crippen LogP contribution >= 0.6 is 0 Å². The minimum Gasteiger partial charge on any atom is -0.463 e. The summed E-state index contributed by atoms with van der Waals surface area (Å²) in [6.07, 6.45) is 0.665. The summed E-state index contributed by atoms with van der Waals surface area (Å²) in [7, 11) is 4.12. The van der Waals surface area contributed by atoms with E-state index in [-0.39, 0.29) is 37.6 Å². The molecule has 158 valence electrons. The van der Waals surface area contributed by atoms with Crippen LogP contribution in [0.5, 0.6) is 0 Å². The maximum absolute atomic E-state index is 11.8. The van der Waals surface area contributed by atoms with Crippen LogP contribution < -0.4 is 0 Å². The number of allylic oxidation sites excluding steroid dienone is 1. The minimum atomic E-state index is -2.55. The monoisotopic (exact) mass is 405 g/mol. The summed E-state index contributed by atoms with van der Waals surface area (Å²) >= 11 is 0. The smallest absolute Gasteiger partial charge is 0.463 e. The quantitative estimate of drug-likeness (QED) is 0.234. The first-order valence-corrected chi connectivity index (χ1v) is 11.0. The van der Waals surface area contributed by atoms with Gasteiger partial charge in [0.25, 0.3) is 0 Å². The fraction of sp³-hybridized carbons (Fsp3) is 0.778. The first kappa shape index (κ1) is 25.9. The summed E-state index contributed by atoms with van der Waals surface area (Å²) in [6, 6.07) is 0.695. The number of hydrogen-bond donors (Lipinski definition) is 1. The van der Waals surface area contributed by atoms with Gasteiger partial charge in [-0.3, -0.25) is 9.59 Å². The zero-order chi connectivity index (χ0) is 20.9. The van der Waals surface area contributed by atoms with Crippen LogP contribution in [0.2, 0.25) is 6.04 Å². The molecule has 0 aliphatic carbocycles. The Bertz CT molecular complexity index is 460. The molecule has 0 aromatic heterocycles. The Kier molecular flexibility index (Phi) is 13.4. The normalized spacial score (nSPS) is 12.9. The molecule has 0 aromatic rings. The average Bonchev–Trinajstić information content (AvgIpc) is 2.66. The van der Waals surface area contributed by atoms with Gasteiger partial charge in [-0.2, -0.15) is 0 Å². The molecule has 1 unspecified atom stereocenters. The number of carbonyl (C=O) groups excluding carboxylic acids is 2. The fourth-order valence-electron chi connectivity index (χ4n) is 2.37. The summed E-state index contributed by atoms with van der Waals surface area (Å²) < 4.78 is 21.2. The van der Waals surface area contributed by atoms with Gasteiger partial charge in [-0.1, -0.05) is 6.58 Å². The van der Waals surface area contributed by atoms with Gasteiger partial charge in [0, 0.05) is 40.3 Å². The number of nitrogens with zero attached hydrogens (tertiary/aromatic N) is 1. The molecule has 27 heavy (non-hydrogen) atoms. The summed E-state index contributed by atoms with van der Waals surface area (Å²) in [4.78, 5) is 25.2. The van der Waals surface area contributed by atoms with Crippen molar-refractivity contribution in [2.75, 3.05) is 48.1 Å². The van der Waals surface area contributed by atoms with Crippen molar-refractivity contribution in [2.24, 2.45) is 0 Å². The lowest BCUT2D eigenvalue weighted by molar-refractivity contribution is -0.147. The highest BCUT2D eigenvalue weighted by atomic mass is 28.4. The first-order chi connectivity index (χ1) is 12.7. The Labute approximate surface area is 163 Å². The van der Waals surface area contributed by atoms with E-state index in [2.05, 4.69) is 6.58 Å². The molecule has 0 aliphatic rings. The Morgan fingerprint density at radius 2 is 1.70 bits per heavy atom. The molecule has 0 rings (SSSR count). The van der Waals surface area contributed by atoms with Gasteiger partial charge in [-0.25, -0.2) is 0 Å². The van der Waals surface area contributed by atoms with Gasteiger partial charge >= 0.3 is 14.8 Å². The summed E-state index contributed by atoms with van der Waals surface area (Å²) in [5, 5.41) is 9.77. The molecule has 0 amide bonds. The molecule has 0 radical (unpaired) electrons. The number of Topliss-reactive ketones (excluding diaryl/α,β-unsaturated/α-hetero) is 1. The minimum absolute atomic E-state index is 0.0931. The highest BCUT2D eigenvalue weighted by molar-refractivity contribution is 6.60. The molecule has 0 aromatic carbocycles. The first-order valence-electron chi connectivity index (χ1n) is 9.06. The van der Waals surface area contributed by atoms with Crippen LogP contribution in [0.25, 0.3) is 0 Å². The molecule has 0 aliphatic heterocycles. The topological polar surface area (TPSA) is 94.5 Å². The summed E-state index contributed by atoms with van der Waals surface area (Å²) in [6.45, 7) is 6.40. The summed E-state index contributed by atoms with van der Waals surface area (Å²) in [5.41, 5.74) is 0.462. The largest absolute Gasteiger partial charge is 0.500 e. The van der Waals surface area contributed by atoms with E-state index in [1.54, 1.807) is 28.3 Å². The molecule has 0 bridgehead atoms. The van der Waals surface area contributed by atoms with Crippen molar-refractivity contribution in [1.29, 1.82) is 0 Å². The van der Waals surface area contributed by atoms with Crippen molar-refractivity contribution in [3.8, 4) is 0 Å². The molecule has 0 saturated heterocycles. The second-order valence-corrected chi connectivity index (χ2v) is 9.62. The van der Waals surface area contributed by atoms with Crippen molar-refractivity contribution in [2.45, 2.75) is 44.8 Å². The molecule has 0 heterocycles. The van der Waals surface area contributed by atoms with E-state index >= 15 is 0 Å². The van der Waals surface area contributed by atoms with Gasteiger partial charge in [0.2, 0.25) is 0 Å². The van der Waals surface area contributed by atoms with E-state index in [1.165, 1.54) is 0 Å². The fourth-order valence-corrected chi connectivity index (χ4v) is 4.07. The molecular formula is C18H35NO7Si. The number of carbonyl (C=O) groups is 2. The predicted octanol–water partition coefficient (Wildman–Crippen LogP) is 1.41. The van der Waals surface area contributed by atoms with E-state index in [0.29, 0.717) is 18.2 Å². The Morgan fingerprint density at radius 3 is 2.22 bits per heavy atom. The number of hydrogen-bond acceptors (Lipinski definition) is 8. The maximum Gasteiger partial charge on any atom is 0.500 e. The zero-order valence-corrected chi connectivity index (χ0v) is 18.3. The summed E-state index contributed by atoms with van der Waals surface area (Å²) in [5.74, 6) is -0.467. The van der Waals surface area contributed by atoms with Gasteiger partial charge in [0.1, 0.15) is 6.61 Å². The lowest BCUT2D eigenvalue weighted by atomic mass is 10.1. The number of aliphatic hydroxyl groups is 1. The number of ketones is 1. The van der Waals surface area contributed by atoms with Gasteiger partial charge in [-0.15, -0.1) is 0 Å². The third-order valence-corrected chi connectivity index (χ3v) is 7.10. The molecule has 1 atom stereocenters. The third-order valence-electron chi connectivity index (χ3n) is 4.27. The van der Waals surface area contributed by atoms with Crippen LogP contribution in [-0.2, 0) is 27.6 Å². The second-order valence-electron chi connectivity index (χ2n) is 6.53. The van der Waals surface area contributed by atoms with Gasteiger partial charge in [-0.05, 0) is 38.9 Å². The van der Waals surface area contributed by atoms with Crippen molar-refractivity contribution >= 4 is 20.6 Å². The Morgan fingerprint density at radius 1 is 1.11 bits per heavy atom. The standard InChI is InChI=1S/C18H35NO7Si/c1-15(2)17(21)9-8-16(20)14-26-18(22)10-12-19(3)11-7-13-27(23-4,24-5)25-6/h16,20H,1,7-14H2,2-6H3. The molecule has 0 spiro atoms. The molecule has 0 saturated carbocycles. The van der Waals surface area contributed by atoms with E-state index in [1.807, 2.05) is 11.9 Å². The van der Waals surface area contributed by atoms with Crippen LogP contribution in [0.4, 0.5) is 0 Å². The third kappa shape index (κ3) is 11.4. The van der Waals surface area contributed by atoms with Crippen molar-refractivity contribution in [3.05, 3.63) is 12.2 Å². The molecule has 1 N–H and O–H groups in total. The number of esters is 1. The van der Waals surface area contributed by atoms with Crippen LogP contribution in [0, 0.1) is 0 Å². The van der Waals surface area contributed by atoms with Gasteiger partial charge in [0.05, 0.1) is 12.5 Å². The average molecular weight is 406 g/mol. The molecule has 8 nitrogen and oxygen atoms in total. The van der Waals surface area contributed by atoms with E-state index < -0.39 is 14.9 Å². The van der Waals surface area contributed by atoms with E-state index in [4.69, 9.17) is 18.0 Å². The van der Waals surface area contributed by atoms with Gasteiger partial charge in [0.15, 0.2) is 5.78 Å². The van der Waals surface area contributed by atoms with Crippen molar-refractivity contribution in [1.82, 2.24) is 4.90 Å². The Balaban J connectivity index is 3.94. The highest BCUT2D eigenvalue weighted by Gasteiger charge is 2.36. The number of ether oxygens (including phenoxy) is 1. The van der Waals surface area contributed by atoms with Crippen molar-refractivity contribution in [3.63, 3.8) is 0 Å². The van der Waals surface area contributed by atoms with Crippen LogP contribution in [-0.4, -0.2) is 84.7 Å². The van der Waals surface area contributed by atoms with E-state index in [0.717, 1.165) is 13.0 Å². The van der Waals surface area contributed by atoms with Gasteiger partial charge < -0.3 is 28.0 Å². The highest BCUT2D eigenvalue weighted by Crippen LogP contribution is 2.15. The SMILES string of the molecule is C=C(C)C(=O)CCC(O)COC(=O)CCN(C)CCC[Si](OC)(OC)OC. The zero-order valence-electron chi connectivity index (χ0n) is 17.3. The van der Waals surface area contributed by atoms with Crippen LogP contribution in [0.3, 0.4) is 0 Å². The second kappa shape index (κ2) is 14.0. The van der Waals surface area contributed by atoms with Crippen LogP contribution in [0.15, 0.2) is 12.2 Å². The lowest BCUT2D eigenvalue weighted by Gasteiger charge is -2.25. The van der Waals surface area contributed by atoms with Crippen molar-refractivity contribution < 1.29 is 32.7 Å². The van der Waals surface area contributed by atoms with Crippen LogP contribution in [0.1, 0.15) is 32.6 Å². The number of aliphatic hydroxyl groups excluding tert-OH is 1. The molecule has 0 fully saturated rings. The lowest BCUT2D eigenvalue weighted by Crippen LogP contribution is -2.43. The number of rotatable bonds is 16. The molecule has 9 heteroatoms. The molecular weight excluding hydrogens is 370 g/mol. The predicted molar refractivity (Wildman–Crippen MR) is 104 cm³/mol. The Hall–Kier alpha value is -1.10. The maximum atomic E-state index is 11.8. The van der Waals surface area contributed by atoms with E-state index in [9.17, 15) is 14.7 Å².